The van der Waals surface area contributed by atoms with Crippen LogP contribution in [-0.4, -0.2) is 64.7 Å². The molecule has 0 aromatic rings. The van der Waals surface area contributed by atoms with Crippen LogP contribution in [0.25, 0.3) is 0 Å². The first-order valence-electron chi connectivity index (χ1n) is 12.9. The molecule has 5 rings (SSSR count). The predicted octanol–water partition coefficient (Wildman–Crippen LogP) is 2.11. The van der Waals surface area contributed by atoms with Crippen molar-refractivity contribution >= 4 is 17.8 Å². The molecule has 0 unspecified atom stereocenters. The highest BCUT2D eigenvalue weighted by molar-refractivity contribution is 5.81. The lowest BCUT2D eigenvalue weighted by atomic mass is 9.58. The van der Waals surface area contributed by atoms with Gasteiger partial charge < -0.3 is 29.7 Å². The van der Waals surface area contributed by atoms with Gasteiger partial charge in [0.1, 0.15) is 0 Å². The van der Waals surface area contributed by atoms with Crippen LogP contribution in [0.5, 0.6) is 0 Å². The molecule has 11 nitrogen and oxygen atoms in total. The maximum absolute atomic E-state index is 12.6. The Morgan fingerprint density at radius 3 is 2.53 bits per heavy atom. The number of carbonyl (C=O) groups is 3. The van der Waals surface area contributed by atoms with E-state index in [1.807, 2.05) is 13.8 Å². The Bertz CT molecular complexity index is 879. The number of ether oxygens (including phenoxy) is 3. The lowest BCUT2D eigenvalue weighted by Gasteiger charge is -2.59. The molecule has 5 aliphatic rings. The highest BCUT2D eigenvalue weighted by atomic mass is 17.3. The fourth-order valence-corrected chi connectivity index (χ4v) is 6.26. The van der Waals surface area contributed by atoms with Gasteiger partial charge in [-0.2, -0.15) is 0 Å². The van der Waals surface area contributed by atoms with Crippen molar-refractivity contribution in [1.82, 2.24) is 5.32 Å². The number of nitrogens with one attached hydrogen (secondary N) is 1. The number of esters is 1. The van der Waals surface area contributed by atoms with Crippen LogP contribution in [0, 0.1) is 29.1 Å². The van der Waals surface area contributed by atoms with E-state index in [-0.39, 0.29) is 37.1 Å². The van der Waals surface area contributed by atoms with Crippen LogP contribution < -0.4 is 5.32 Å². The van der Waals surface area contributed by atoms with Crippen molar-refractivity contribution < 1.29 is 48.6 Å². The van der Waals surface area contributed by atoms with Gasteiger partial charge in [0, 0.05) is 36.6 Å². The summed E-state index contributed by atoms with van der Waals surface area (Å²) < 4.78 is 18.1. The van der Waals surface area contributed by atoms with E-state index in [0.29, 0.717) is 12.3 Å². The number of hydrogen-bond acceptors (Lipinski definition) is 9. The Morgan fingerprint density at radius 1 is 1.11 bits per heavy atom. The average molecular weight is 514 g/mol. The van der Waals surface area contributed by atoms with E-state index in [2.05, 4.69) is 12.2 Å². The third-order valence-corrected chi connectivity index (χ3v) is 8.62. The summed E-state index contributed by atoms with van der Waals surface area (Å²) in [5.41, 5.74) is -1.82. The minimum absolute atomic E-state index is 0.0177. The first kappa shape index (κ1) is 27.3. The van der Waals surface area contributed by atoms with E-state index in [1.54, 1.807) is 0 Å². The van der Waals surface area contributed by atoms with Gasteiger partial charge in [-0.1, -0.05) is 27.7 Å². The maximum Gasteiger partial charge on any atom is 0.333 e. The van der Waals surface area contributed by atoms with Crippen LogP contribution in [-0.2, 0) is 38.4 Å². The largest absolute Gasteiger partial charge is 0.479 e. The SMILES string of the molecule is C[C@H]1[C@H](OC(=O)CCC(=O)NCC(C)(C)[C@H](O)C(=O)O)O[C@@H]2O[C@@]3(C)CC[C@H]4[C@H](C)CC[C@@H]1[C@]24OO3. The highest BCUT2D eigenvalue weighted by Gasteiger charge is 2.69. The van der Waals surface area contributed by atoms with Gasteiger partial charge in [-0.15, -0.1) is 0 Å². The molecule has 36 heavy (non-hydrogen) atoms. The quantitative estimate of drug-likeness (QED) is 0.325. The van der Waals surface area contributed by atoms with Crippen LogP contribution >= 0.6 is 0 Å². The zero-order valence-electron chi connectivity index (χ0n) is 21.7. The normalized spacial score (nSPS) is 40.5. The van der Waals surface area contributed by atoms with Gasteiger partial charge in [-0.3, -0.25) is 9.59 Å². The minimum Gasteiger partial charge on any atom is -0.479 e. The summed E-state index contributed by atoms with van der Waals surface area (Å²) in [6, 6.07) is 0. The average Bonchev–Trinajstić information content (AvgIpc) is 3.05. The molecule has 4 heterocycles. The second-order valence-corrected chi connectivity index (χ2v) is 11.8. The Balaban J connectivity index is 1.35. The fraction of sp³-hybridized carbons (Fsp3) is 0.880. The van der Waals surface area contributed by atoms with E-state index in [1.165, 1.54) is 13.8 Å². The molecule has 1 saturated carbocycles. The van der Waals surface area contributed by atoms with Crippen molar-refractivity contribution in [2.75, 3.05) is 6.54 Å². The number of carboxylic acids is 1. The zero-order valence-corrected chi connectivity index (χ0v) is 21.7. The Labute approximate surface area is 211 Å². The minimum atomic E-state index is -1.63. The van der Waals surface area contributed by atoms with Gasteiger partial charge in [-0.25, -0.2) is 14.6 Å². The molecular weight excluding hydrogens is 474 g/mol. The molecule has 9 atom stereocenters. The van der Waals surface area contributed by atoms with Crippen molar-refractivity contribution in [3.63, 3.8) is 0 Å². The highest BCUT2D eigenvalue weighted by Crippen LogP contribution is 2.60. The Hall–Kier alpha value is -1.79. The molecule has 1 aliphatic carbocycles. The maximum atomic E-state index is 12.6. The number of aliphatic hydroxyl groups is 1. The molecule has 0 aromatic heterocycles. The number of hydrogen-bond donors (Lipinski definition) is 3. The lowest BCUT2D eigenvalue weighted by molar-refractivity contribution is -0.576. The molecule has 0 aromatic carbocycles. The van der Waals surface area contributed by atoms with Crippen LogP contribution in [0.3, 0.4) is 0 Å². The summed E-state index contributed by atoms with van der Waals surface area (Å²) in [7, 11) is 0. The molecule has 4 aliphatic heterocycles. The summed E-state index contributed by atoms with van der Waals surface area (Å²) in [4.78, 5) is 47.7. The number of aliphatic carboxylic acids is 1. The van der Waals surface area contributed by atoms with Gasteiger partial charge >= 0.3 is 11.9 Å². The van der Waals surface area contributed by atoms with E-state index >= 15 is 0 Å². The van der Waals surface area contributed by atoms with Gasteiger partial charge in [0.15, 0.2) is 18.0 Å². The van der Waals surface area contributed by atoms with Crippen molar-refractivity contribution in [1.29, 1.82) is 0 Å². The smallest absolute Gasteiger partial charge is 0.333 e. The second kappa shape index (κ2) is 9.83. The number of carbonyl (C=O) groups excluding carboxylic acids is 2. The molecule has 4 saturated heterocycles. The number of fused-ring (bicyclic) bond motifs is 2. The first-order chi connectivity index (χ1) is 16.8. The van der Waals surface area contributed by atoms with Crippen LogP contribution in [0.15, 0.2) is 0 Å². The summed E-state index contributed by atoms with van der Waals surface area (Å²) in [5, 5.41) is 21.3. The van der Waals surface area contributed by atoms with Crippen LogP contribution in [0.2, 0.25) is 0 Å². The molecule has 1 spiro atoms. The van der Waals surface area contributed by atoms with Crippen molar-refractivity contribution in [2.45, 2.75) is 103 Å². The van der Waals surface area contributed by atoms with Gasteiger partial charge in [0.25, 0.3) is 0 Å². The Kier molecular flexibility index (Phi) is 7.44. The van der Waals surface area contributed by atoms with Crippen LogP contribution in [0.4, 0.5) is 0 Å². The first-order valence-corrected chi connectivity index (χ1v) is 12.9. The molecule has 5 fully saturated rings. The summed E-state index contributed by atoms with van der Waals surface area (Å²) >= 11 is 0. The monoisotopic (exact) mass is 513 g/mol. The molecule has 3 N–H and O–H groups in total. The molecule has 1 amide bonds. The van der Waals surface area contributed by atoms with E-state index in [9.17, 15) is 19.5 Å². The molecule has 2 bridgehead atoms. The molecular formula is C25H39NO10. The van der Waals surface area contributed by atoms with Gasteiger partial charge in [0.05, 0.1) is 6.42 Å². The van der Waals surface area contributed by atoms with Crippen LogP contribution in [0.1, 0.15) is 73.1 Å². The van der Waals surface area contributed by atoms with Gasteiger partial charge in [-0.05, 0) is 38.0 Å². The summed E-state index contributed by atoms with van der Waals surface area (Å²) in [5.74, 6) is -2.83. The fourth-order valence-electron chi connectivity index (χ4n) is 6.26. The summed E-state index contributed by atoms with van der Waals surface area (Å²) in [6.07, 6.45) is -0.0108. The topological polar surface area (TPSA) is 150 Å². The number of aliphatic hydroxyl groups excluding tert-OH is 1. The van der Waals surface area contributed by atoms with E-state index in [0.717, 1.165) is 19.3 Å². The predicted molar refractivity (Wildman–Crippen MR) is 123 cm³/mol. The third-order valence-electron chi connectivity index (χ3n) is 8.62. The zero-order chi connectivity index (χ0) is 26.5. The summed E-state index contributed by atoms with van der Waals surface area (Å²) in [6.45, 7) is 9.04. The van der Waals surface area contributed by atoms with Gasteiger partial charge in [0.2, 0.25) is 18.0 Å². The number of rotatable bonds is 8. The molecule has 11 heteroatoms. The molecule has 204 valence electrons. The van der Waals surface area contributed by atoms with Crippen molar-refractivity contribution in [3.05, 3.63) is 0 Å². The standard InChI is InChI=1S/C25H39NO10/c1-13-6-7-16-14(2)21(33-22-25(16)15(13)10-11-24(5,34-22)35-36-25)32-18(28)9-8-17(27)26-12-23(3,4)19(29)20(30)31/h13-16,19,21-22,29H,6-12H2,1-5H3,(H,26,27)(H,30,31)/t13-,14-,15+,16+,19-,21-,22-,24-,25+/m1/s1. The number of carboxylic acid groups (broad SMARTS) is 1. The van der Waals surface area contributed by atoms with E-state index in [4.69, 9.17) is 29.1 Å². The third kappa shape index (κ3) is 4.88. The Morgan fingerprint density at radius 2 is 1.83 bits per heavy atom. The number of amides is 1. The lowest BCUT2D eigenvalue weighted by Crippen LogP contribution is -2.70. The van der Waals surface area contributed by atoms with E-state index < -0.39 is 53.3 Å². The molecule has 0 radical (unpaired) electrons. The van der Waals surface area contributed by atoms with Crippen molar-refractivity contribution in [3.8, 4) is 0 Å². The second-order valence-electron chi connectivity index (χ2n) is 11.8. The van der Waals surface area contributed by atoms with Crippen molar-refractivity contribution in [2.24, 2.45) is 29.1 Å².